The van der Waals surface area contributed by atoms with Crippen molar-refractivity contribution in [2.24, 2.45) is 0 Å². The van der Waals surface area contributed by atoms with Crippen molar-refractivity contribution >= 4 is 0 Å². The van der Waals surface area contributed by atoms with Gasteiger partial charge in [-0.15, -0.1) is 0 Å². The van der Waals surface area contributed by atoms with Crippen molar-refractivity contribution in [3.63, 3.8) is 0 Å². The number of rotatable bonds is 6. The molecule has 7 heteroatoms. The van der Waals surface area contributed by atoms with Crippen LogP contribution in [-0.2, 0) is 25.6 Å². The molecule has 0 aliphatic carbocycles. The van der Waals surface area contributed by atoms with Crippen LogP contribution < -0.4 is 5.49 Å². The molecule has 0 unspecified atom stereocenters. The molecule has 24 heavy (non-hydrogen) atoms. The van der Waals surface area contributed by atoms with Gasteiger partial charge in [-0.25, -0.2) is 4.39 Å². The molecular weight excluding hydrogens is 324 g/mol. The number of hydrogen-bond acceptors (Lipinski definition) is 2. The molecular formula is C17H18F4N2O. The van der Waals surface area contributed by atoms with E-state index in [4.69, 9.17) is 10.5 Å². The first-order valence-corrected chi connectivity index (χ1v) is 7.51. The summed E-state index contributed by atoms with van der Waals surface area (Å²) in [5.74, 6) is -0.353. The SMILES string of the molecule is N=c1cc(C(F)(F)F)c(CCCO)cn1CCc1ccc(F)cc1. The maximum absolute atomic E-state index is 13.1. The lowest BCUT2D eigenvalue weighted by molar-refractivity contribution is -0.138. The number of aromatic nitrogens is 1. The number of aliphatic hydroxyl groups is 1. The van der Waals surface area contributed by atoms with E-state index in [1.807, 2.05) is 0 Å². The molecule has 2 rings (SSSR count). The molecule has 3 nitrogen and oxygen atoms in total. The van der Waals surface area contributed by atoms with Gasteiger partial charge in [-0.3, -0.25) is 5.41 Å². The average molecular weight is 342 g/mol. The van der Waals surface area contributed by atoms with Crippen LogP contribution in [0.15, 0.2) is 36.5 Å². The van der Waals surface area contributed by atoms with Crippen molar-refractivity contribution in [1.82, 2.24) is 4.57 Å². The van der Waals surface area contributed by atoms with Crippen LogP contribution in [0.4, 0.5) is 17.6 Å². The zero-order valence-corrected chi connectivity index (χ0v) is 12.9. The quantitative estimate of drug-likeness (QED) is 0.778. The predicted octanol–water partition coefficient (Wildman–Crippen LogP) is 3.29. The van der Waals surface area contributed by atoms with Gasteiger partial charge >= 0.3 is 6.18 Å². The van der Waals surface area contributed by atoms with E-state index in [-0.39, 0.29) is 36.3 Å². The fraction of sp³-hybridized carbons (Fsp3) is 0.353. The molecule has 130 valence electrons. The third-order valence-electron chi connectivity index (χ3n) is 3.71. The molecule has 0 saturated carbocycles. The smallest absolute Gasteiger partial charge is 0.396 e. The Morgan fingerprint density at radius 1 is 1.08 bits per heavy atom. The molecule has 1 aromatic heterocycles. The van der Waals surface area contributed by atoms with Crippen molar-refractivity contribution < 1.29 is 22.7 Å². The van der Waals surface area contributed by atoms with Crippen LogP contribution in [0.3, 0.4) is 0 Å². The van der Waals surface area contributed by atoms with Crippen LogP contribution in [0.2, 0.25) is 0 Å². The summed E-state index contributed by atoms with van der Waals surface area (Å²) in [5, 5.41) is 16.7. The summed E-state index contributed by atoms with van der Waals surface area (Å²) in [6, 6.07) is 6.67. The first kappa shape index (κ1) is 18.2. The van der Waals surface area contributed by atoms with Gasteiger partial charge in [-0.1, -0.05) is 12.1 Å². The fourth-order valence-corrected chi connectivity index (χ4v) is 2.46. The van der Waals surface area contributed by atoms with Gasteiger partial charge in [0.15, 0.2) is 0 Å². The minimum atomic E-state index is -4.53. The predicted molar refractivity (Wildman–Crippen MR) is 80.8 cm³/mol. The number of halogens is 4. The highest BCUT2D eigenvalue weighted by Crippen LogP contribution is 2.31. The highest BCUT2D eigenvalue weighted by Gasteiger charge is 2.33. The molecule has 0 radical (unpaired) electrons. The standard InChI is InChI=1S/C17H18F4N2O/c18-14-5-3-12(4-6-14)7-8-23-11-13(2-1-9-24)15(10-16(23)22)17(19,20)21/h3-6,10-11,22,24H,1-2,7-9H2. The van der Waals surface area contributed by atoms with Crippen LogP contribution >= 0.6 is 0 Å². The highest BCUT2D eigenvalue weighted by molar-refractivity contribution is 5.27. The van der Waals surface area contributed by atoms with Crippen LogP contribution in [0.25, 0.3) is 0 Å². The van der Waals surface area contributed by atoms with E-state index >= 15 is 0 Å². The van der Waals surface area contributed by atoms with Crippen molar-refractivity contribution in [2.45, 2.75) is 32.0 Å². The summed E-state index contributed by atoms with van der Waals surface area (Å²) < 4.78 is 53.6. The van der Waals surface area contributed by atoms with Crippen LogP contribution in [0, 0.1) is 11.2 Å². The maximum atomic E-state index is 13.1. The molecule has 1 aromatic carbocycles. The van der Waals surface area contributed by atoms with Crippen LogP contribution in [0.1, 0.15) is 23.1 Å². The van der Waals surface area contributed by atoms with Crippen LogP contribution in [0.5, 0.6) is 0 Å². The van der Waals surface area contributed by atoms with Gasteiger partial charge in [0, 0.05) is 19.3 Å². The third-order valence-corrected chi connectivity index (χ3v) is 3.71. The zero-order valence-electron chi connectivity index (χ0n) is 12.9. The number of aliphatic hydroxyl groups excluding tert-OH is 1. The molecule has 0 fully saturated rings. The minimum absolute atomic E-state index is 0.0617. The molecule has 2 N–H and O–H groups in total. The van der Waals surface area contributed by atoms with Gasteiger partial charge in [0.25, 0.3) is 0 Å². The Morgan fingerprint density at radius 3 is 2.33 bits per heavy atom. The van der Waals surface area contributed by atoms with Gasteiger partial charge in [-0.05, 0) is 48.6 Å². The second-order valence-corrected chi connectivity index (χ2v) is 5.49. The van der Waals surface area contributed by atoms with E-state index in [1.165, 1.54) is 22.9 Å². The van der Waals surface area contributed by atoms with Crippen molar-refractivity contribution in [1.29, 1.82) is 5.41 Å². The first-order chi connectivity index (χ1) is 11.3. The monoisotopic (exact) mass is 342 g/mol. The van der Waals surface area contributed by atoms with E-state index in [9.17, 15) is 17.6 Å². The van der Waals surface area contributed by atoms with E-state index < -0.39 is 11.7 Å². The average Bonchev–Trinajstić information content (AvgIpc) is 2.52. The van der Waals surface area contributed by atoms with Crippen molar-refractivity contribution in [2.75, 3.05) is 6.61 Å². The first-order valence-electron chi connectivity index (χ1n) is 7.51. The molecule has 0 spiro atoms. The number of benzene rings is 1. The second-order valence-electron chi connectivity index (χ2n) is 5.49. The lowest BCUT2D eigenvalue weighted by Crippen LogP contribution is -2.25. The highest BCUT2D eigenvalue weighted by atomic mass is 19.4. The number of hydrogen-bond donors (Lipinski definition) is 2. The number of alkyl halides is 3. The summed E-state index contributed by atoms with van der Waals surface area (Å²) in [4.78, 5) is 0. The summed E-state index contributed by atoms with van der Waals surface area (Å²) in [5.41, 5.74) is -0.178. The minimum Gasteiger partial charge on any atom is -0.396 e. The normalized spacial score (nSPS) is 11.7. The Morgan fingerprint density at radius 2 is 1.75 bits per heavy atom. The summed E-state index contributed by atoms with van der Waals surface area (Å²) in [7, 11) is 0. The topological polar surface area (TPSA) is 49.0 Å². The largest absolute Gasteiger partial charge is 0.416 e. The molecule has 0 aliphatic rings. The molecule has 0 aliphatic heterocycles. The van der Waals surface area contributed by atoms with Crippen molar-refractivity contribution in [3.05, 3.63) is 64.5 Å². The molecule has 2 aromatic rings. The Balaban J connectivity index is 2.26. The van der Waals surface area contributed by atoms with Gasteiger partial charge < -0.3 is 9.67 Å². The van der Waals surface area contributed by atoms with Crippen LogP contribution in [-0.4, -0.2) is 16.3 Å². The van der Waals surface area contributed by atoms with Gasteiger partial charge in [0.1, 0.15) is 11.3 Å². The van der Waals surface area contributed by atoms with E-state index in [0.29, 0.717) is 13.0 Å². The summed E-state index contributed by atoms with van der Waals surface area (Å²) in [6.45, 7) is 0.115. The van der Waals surface area contributed by atoms with E-state index in [0.717, 1.165) is 11.6 Å². The molecule has 1 heterocycles. The third kappa shape index (κ3) is 4.67. The van der Waals surface area contributed by atoms with E-state index in [1.54, 1.807) is 12.1 Å². The zero-order chi connectivity index (χ0) is 17.7. The molecule has 0 atom stereocenters. The number of nitrogens with one attached hydrogen (secondary N) is 1. The molecule has 0 saturated heterocycles. The van der Waals surface area contributed by atoms with Gasteiger partial charge in [0.2, 0.25) is 0 Å². The van der Waals surface area contributed by atoms with Gasteiger partial charge in [-0.2, -0.15) is 13.2 Å². The molecule has 0 bridgehead atoms. The molecule has 0 amide bonds. The fourth-order valence-electron chi connectivity index (χ4n) is 2.46. The number of nitrogens with zero attached hydrogens (tertiary/aromatic N) is 1. The van der Waals surface area contributed by atoms with Gasteiger partial charge in [0.05, 0.1) is 5.56 Å². The Labute approximate surface area is 136 Å². The second kappa shape index (κ2) is 7.61. The number of aryl methyl sites for hydroxylation is 3. The Bertz CT molecular complexity index is 736. The number of pyridine rings is 1. The van der Waals surface area contributed by atoms with Crippen molar-refractivity contribution in [3.8, 4) is 0 Å². The summed E-state index contributed by atoms with van der Waals surface area (Å²) in [6.07, 6.45) is -2.43. The Hall–Kier alpha value is -2.15. The lowest BCUT2D eigenvalue weighted by Gasteiger charge is -2.16. The lowest BCUT2D eigenvalue weighted by atomic mass is 10.0. The Kier molecular flexibility index (Phi) is 5.77. The summed E-state index contributed by atoms with van der Waals surface area (Å²) >= 11 is 0. The van der Waals surface area contributed by atoms with E-state index in [2.05, 4.69) is 0 Å². The maximum Gasteiger partial charge on any atom is 0.416 e.